The summed E-state index contributed by atoms with van der Waals surface area (Å²) >= 11 is 5.87. The normalized spacial score (nSPS) is 11.2. The first-order chi connectivity index (χ1) is 11.3. The quantitative estimate of drug-likeness (QED) is 0.792. The van der Waals surface area contributed by atoms with Gasteiger partial charge >= 0.3 is 12.2 Å². The maximum atomic E-state index is 12.6. The van der Waals surface area contributed by atoms with E-state index in [0.717, 1.165) is 17.7 Å². The van der Waals surface area contributed by atoms with Crippen LogP contribution in [0.2, 0.25) is 5.02 Å². The van der Waals surface area contributed by atoms with Crippen LogP contribution in [-0.4, -0.2) is 12.6 Å². The lowest BCUT2D eigenvalue weighted by Crippen LogP contribution is -2.30. The van der Waals surface area contributed by atoms with Gasteiger partial charge in [0.15, 0.2) is 0 Å². The number of nitrogens with one attached hydrogen (secondary N) is 2. The molecular weight excluding hydrogens is 341 g/mol. The number of halogens is 4. The molecule has 0 aliphatic rings. The lowest BCUT2D eigenvalue weighted by atomic mass is 10.1. The molecule has 0 unspecified atom stereocenters. The molecule has 0 fully saturated rings. The number of hydrogen-bond donors (Lipinski definition) is 2. The van der Waals surface area contributed by atoms with E-state index in [2.05, 4.69) is 10.6 Å². The van der Waals surface area contributed by atoms with Crippen LogP contribution in [0.3, 0.4) is 0 Å². The van der Waals surface area contributed by atoms with Gasteiger partial charge in [0.25, 0.3) is 0 Å². The van der Waals surface area contributed by atoms with Crippen LogP contribution in [0.15, 0.2) is 42.5 Å². The number of hydrogen-bond acceptors (Lipinski definition) is 1. The Hall–Kier alpha value is -2.21. The molecule has 24 heavy (non-hydrogen) atoms. The molecule has 2 N–H and O–H groups in total. The van der Waals surface area contributed by atoms with E-state index in [-0.39, 0.29) is 6.54 Å². The summed E-state index contributed by atoms with van der Waals surface area (Å²) < 4.78 is 37.9. The van der Waals surface area contributed by atoms with E-state index in [0.29, 0.717) is 22.7 Å². The molecule has 0 aliphatic heterocycles. The van der Waals surface area contributed by atoms with Gasteiger partial charge in [-0.05, 0) is 42.7 Å². The van der Waals surface area contributed by atoms with E-state index in [1.165, 1.54) is 6.07 Å². The summed E-state index contributed by atoms with van der Waals surface area (Å²) in [6, 6.07) is 9.74. The fraction of sp³-hybridized carbons (Fsp3) is 0.235. The molecule has 2 aromatic carbocycles. The Morgan fingerprint density at radius 1 is 1.17 bits per heavy atom. The van der Waals surface area contributed by atoms with Crippen molar-refractivity contribution in [1.29, 1.82) is 0 Å². The highest BCUT2D eigenvalue weighted by molar-refractivity contribution is 6.31. The van der Waals surface area contributed by atoms with Crippen LogP contribution in [0.1, 0.15) is 16.7 Å². The van der Waals surface area contributed by atoms with Gasteiger partial charge < -0.3 is 10.6 Å². The summed E-state index contributed by atoms with van der Waals surface area (Å²) in [4.78, 5) is 11.8. The highest BCUT2D eigenvalue weighted by Crippen LogP contribution is 2.29. The van der Waals surface area contributed by atoms with Crippen LogP contribution in [0, 0.1) is 6.92 Å². The number of rotatable bonds is 4. The molecule has 0 saturated carbocycles. The van der Waals surface area contributed by atoms with Crippen molar-refractivity contribution in [3.63, 3.8) is 0 Å². The average Bonchev–Trinajstić information content (AvgIpc) is 2.50. The molecule has 2 rings (SSSR count). The molecule has 0 aromatic heterocycles. The van der Waals surface area contributed by atoms with Crippen molar-refractivity contribution in [2.75, 3.05) is 11.9 Å². The number of carbonyl (C=O) groups excluding carboxylic acids is 1. The molecule has 128 valence electrons. The fourth-order valence-electron chi connectivity index (χ4n) is 2.12. The van der Waals surface area contributed by atoms with Gasteiger partial charge in [0.2, 0.25) is 0 Å². The minimum Gasteiger partial charge on any atom is -0.338 e. The molecule has 0 atom stereocenters. The van der Waals surface area contributed by atoms with Crippen LogP contribution >= 0.6 is 11.6 Å². The summed E-state index contributed by atoms with van der Waals surface area (Å²) in [5, 5.41) is 5.77. The Bertz CT molecular complexity index is 732. The second-order valence-electron chi connectivity index (χ2n) is 5.29. The first-order valence-corrected chi connectivity index (χ1v) is 7.60. The average molecular weight is 357 g/mol. The molecule has 7 heteroatoms. The van der Waals surface area contributed by atoms with Crippen molar-refractivity contribution in [2.24, 2.45) is 0 Å². The van der Waals surface area contributed by atoms with E-state index in [1.54, 1.807) is 24.3 Å². The Morgan fingerprint density at radius 2 is 1.92 bits per heavy atom. The third-order valence-electron chi connectivity index (χ3n) is 3.40. The molecule has 0 spiro atoms. The first-order valence-electron chi connectivity index (χ1n) is 7.23. The van der Waals surface area contributed by atoms with Crippen molar-refractivity contribution in [3.8, 4) is 0 Å². The molecule has 0 aliphatic carbocycles. The van der Waals surface area contributed by atoms with Crippen LogP contribution < -0.4 is 10.6 Å². The molecule has 3 nitrogen and oxygen atoms in total. The number of urea groups is 1. The largest absolute Gasteiger partial charge is 0.416 e. The third-order valence-corrected chi connectivity index (χ3v) is 3.64. The first kappa shape index (κ1) is 18.1. The summed E-state index contributed by atoms with van der Waals surface area (Å²) in [5.74, 6) is 0. The van der Waals surface area contributed by atoms with E-state index < -0.39 is 17.8 Å². The van der Waals surface area contributed by atoms with Gasteiger partial charge in [0.05, 0.1) is 5.56 Å². The molecule has 0 bridgehead atoms. The van der Waals surface area contributed by atoms with Crippen LogP contribution in [0.4, 0.5) is 23.7 Å². The monoisotopic (exact) mass is 356 g/mol. The van der Waals surface area contributed by atoms with Crippen molar-refractivity contribution in [1.82, 2.24) is 5.32 Å². The lowest BCUT2D eigenvalue weighted by molar-refractivity contribution is -0.137. The van der Waals surface area contributed by atoms with Crippen LogP contribution in [0.25, 0.3) is 0 Å². The van der Waals surface area contributed by atoms with Crippen molar-refractivity contribution >= 4 is 23.3 Å². The zero-order valence-electron chi connectivity index (χ0n) is 12.9. The molecule has 0 radical (unpaired) electrons. The predicted molar refractivity (Wildman–Crippen MR) is 88.4 cm³/mol. The van der Waals surface area contributed by atoms with Gasteiger partial charge in [-0.15, -0.1) is 0 Å². The summed E-state index contributed by atoms with van der Waals surface area (Å²) in [7, 11) is 0. The minimum absolute atomic E-state index is 0.215. The topological polar surface area (TPSA) is 41.1 Å². The van der Waals surface area contributed by atoms with Crippen molar-refractivity contribution in [3.05, 3.63) is 64.2 Å². The number of anilines is 1. The summed E-state index contributed by atoms with van der Waals surface area (Å²) in [6.45, 7) is 2.04. The molecule has 0 saturated heterocycles. The SMILES string of the molecule is Cc1ccc(Cl)cc1NC(=O)NCCc1cccc(C(F)(F)F)c1. The molecule has 2 aromatic rings. The van der Waals surface area contributed by atoms with Gasteiger partial charge in [-0.25, -0.2) is 4.79 Å². The lowest BCUT2D eigenvalue weighted by Gasteiger charge is -2.11. The number of carbonyl (C=O) groups is 1. The van der Waals surface area contributed by atoms with Crippen molar-refractivity contribution < 1.29 is 18.0 Å². The highest BCUT2D eigenvalue weighted by Gasteiger charge is 2.30. The zero-order chi connectivity index (χ0) is 17.7. The summed E-state index contributed by atoms with van der Waals surface area (Å²) in [5.41, 5.74) is 1.24. The Balaban J connectivity index is 1.88. The second kappa shape index (κ2) is 7.57. The van der Waals surface area contributed by atoms with E-state index in [1.807, 2.05) is 6.92 Å². The Morgan fingerprint density at radius 3 is 2.62 bits per heavy atom. The molecule has 2 amide bonds. The van der Waals surface area contributed by atoms with Crippen LogP contribution in [-0.2, 0) is 12.6 Å². The fourth-order valence-corrected chi connectivity index (χ4v) is 2.29. The molecular formula is C17H16ClF3N2O. The number of alkyl halides is 3. The van der Waals surface area contributed by atoms with E-state index in [4.69, 9.17) is 11.6 Å². The molecule has 0 heterocycles. The van der Waals surface area contributed by atoms with Gasteiger partial charge in [-0.2, -0.15) is 13.2 Å². The third kappa shape index (κ3) is 5.16. The maximum Gasteiger partial charge on any atom is 0.416 e. The highest BCUT2D eigenvalue weighted by atomic mass is 35.5. The second-order valence-corrected chi connectivity index (χ2v) is 5.72. The Labute approximate surface area is 142 Å². The standard InChI is InChI=1S/C17H16ClF3N2O/c1-11-5-6-14(18)10-15(11)23-16(24)22-8-7-12-3-2-4-13(9-12)17(19,20)21/h2-6,9-10H,7-8H2,1H3,(H2,22,23,24). The Kier molecular flexibility index (Phi) is 5.72. The minimum atomic E-state index is -4.37. The zero-order valence-corrected chi connectivity index (χ0v) is 13.6. The predicted octanol–water partition coefficient (Wildman–Crippen LogP) is 5.03. The van der Waals surface area contributed by atoms with Crippen LogP contribution in [0.5, 0.6) is 0 Å². The van der Waals surface area contributed by atoms with Gasteiger partial charge in [0.1, 0.15) is 0 Å². The number of amides is 2. The summed E-state index contributed by atoms with van der Waals surface area (Å²) in [6.07, 6.45) is -4.07. The number of aryl methyl sites for hydroxylation is 1. The van der Waals surface area contributed by atoms with Gasteiger partial charge in [-0.1, -0.05) is 35.9 Å². The van der Waals surface area contributed by atoms with Crippen molar-refractivity contribution in [2.45, 2.75) is 19.5 Å². The number of benzene rings is 2. The van der Waals surface area contributed by atoms with E-state index in [9.17, 15) is 18.0 Å². The van der Waals surface area contributed by atoms with E-state index >= 15 is 0 Å². The maximum absolute atomic E-state index is 12.6. The smallest absolute Gasteiger partial charge is 0.338 e. The van der Waals surface area contributed by atoms with Gasteiger partial charge in [-0.3, -0.25) is 0 Å². The van der Waals surface area contributed by atoms with Gasteiger partial charge in [0, 0.05) is 17.3 Å².